The second-order valence-electron chi connectivity index (χ2n) is 7.09. The van der Waals surface area contributed by atoms with Crippen LogP contribution >= 0.6 is 0 Å². The maximum atomic E-state index is 12.5. The van der Waals surface area contributed by atoms with Crippen LogP contribution in [0.3, 0.4) is 0 Å². The van der Waals surface area contributed by atoms with E-state index in [9.17, 15) is 14.9 Å². The molecule has 0 aliphatic carbocycles. The smallest absolute Gasteiger partial charge is 0.293 e. The van der Waals surface area contributed by atoms with Gasteiger partial charge in [-0.15, -0.1) is 0 Å². The van der Waals surface area contributed by atoms with E-state index in [2.05, 4.69) is 16.3 Å². The van der Waals surface area contributed by atoms with Crippen molar-refractivity contribution in [1.29, 1.82) is 0 Å². The molecule has 0 bridgehead atoms. The Kier molecular flexibility index (Phi) is 6.66. The van der Waals surface area contributed by atoms with Gasteiger partial charge in [0.15, 0.2) is 6.54 Å². The Morgan fingerprint density at radius 2 is 1.93 bits per heavy atom. The monoisotopic (exact) mass is 399 g/mol. The third kappa shape index (κ3) is 5.03. The number of quaternary nitrogens is 1. The van der Waals surface area contributed by atoms with Gasteiger partial charge in [-0.05, 0) is 31.5 Å². The lowest BCUT2D eigenvalue weighted by atomic mass is 10.1. The highest BCUT2D eigenvalue weighted by atomic mass is 16.6. The van der Waals surface area contributed by atoms with E-state index < -0.39 is 4.92 Å². The third-order valence-corrected chi connectivity index (χ3v) is 5.10. The summed E-state index contributed by atoms with van der Waals surface area (Å²) in [5, 5.41) is 14.0. The van der Waals surface area contributed by atoms with Crippen LogP contribution in [-0.4, -0.2) is 50.2 Å². The molecule has 0 spiro atoms. The van der Waals surface area contributed by atoms with E-state index in [0.29, 0.717) is 12.2 Å². The SMILES string of the molecule is CCOc1ccccc1N1CC[NH+](CC(=O)Nc2c(C)cccc2[N+](=O)[O-])CC1. The number of nitrogens with one attached hydrogen (secondary N) is 2. The van der Waals surface area contributed by atoms with Gasteiger partial charge in [-0.1, -0.05) is 24.3 Å². The van der Waals surface area contributed by atoms with Crippen LogP contribution in [0.5, 0.6) is 5.75 Å². The molecule has 0 saturated carbocycles. The molecule has 0 unspecified atom stereocenters. The molecule has 2 N–H and O–H groups in total. The van der Waals surface area contributed by atoms with E-state index in [0.717, 1.165) is 42.5 Å². The minimum Gasteiger partial charge on any atom is -0.492 e. The van der Waals surface area contributed by atoms with Crippen molar-refractivity contribution in [3.05, 3.63) is 58.1 Å². The lowest BCUT2D eigenvalue weighted by molar-refractivity contribution is -0.892. The maximum absolute atomic E-state index is 12.5. The van der Waals surface area contributed by atoms with Crippen molar-refractivity contribution in [3.8, 4) is 5.75 Å². The van der Waals surface area contributed by atoms with Crippen molar-refractivity contribution in [2.45, 2.75) is 13.8 Å². The van der Waals surface area contributed by atoms with Crippen molar-refractivity contribution >= 4 is 23.0 Å². The molecule has 8 heteroatoms. The first-order chi connectivity index (χ1) is 14.0. The highest BCUT2D eigenvalue weighted by Gasteiger charge is 2.25. The van der Waals surface area contributed by atoms with Gasteiger partial charge < -0.3 is 19.9 Å². The minimum absolute atomic E-state index is 0.0781. The van der Waals surface area contributed by atoms with Crippen LogP contribution in [-0.2, 0) is 4.79 Å². The predicted molar refractivity (Wildman–Crippen MR) is 112 cm³/mol. The molecule has 0 atom stereocenters. The number of nitrogens with zero attached hydrogens (tertiary/aromatic N) is 2. The van der Waals surface area contributed by atoms with Crippen molar-refractivity contribution < 1.29 is 19.4 Å². The number of piperazine rings is 1. The number of aryl methyl sites for hydroxylation is 1. The van der Waals surface area contributed by atoms with Gasteiger partial charge in [-0.2, -0.15) is 0 Å². The molecule has 1 saturated heterocycles. The first kappa shape index (κ1) is 20.6. The summed E-state index contributed by atoms with van der Waals surface area (Å²) in [6, 6.07) is 12.8. The largest absolute Gasteiger partial charge is 0.492 e. The molecule has 2 aromatic rings. The Morgan fingerprint density at radius 3 is 2.62 bits per heavy atom. The summed E-state index contributed by atoms with van der Waals surface area (Å²) in [7, 11) is 0. The van der Waals surface area contributed by atoms with E-state index >= 15 is 0 Å². The predicted octanol–water partition coefficient (Wildman–Crippen LogP) is 1.65. The summed E-state index contributed by atoms with van der Waals surface area (Å²) in [6.45, 7) is 7.88. The van der Waals surface area contributed by atoms with Gasteiger partial charge in [0.2, 0.25) is 0 Å². The minimum atomic E-state index is -0.468. The molecule has 8 nitrogen and oxygen atoms in total. The van der Waals surface area contributed by atoms with E-state index in [1.807, 2.05) is 25.1 Å². The molecule has 1 aliphatic heterocycles. The Labute approximate surface area is 170 Å². The van der Waals surface area contributed by atoms with Gasteiger partial charge >= 0.3 is 0 Å². The number of rotatable bonds is 7. The van der Waals surface area contributed by atoms with Crippen LogP contribution in [0.2, 0.25) is 0 Å². The molecular formula is C21H27N4O4+. The van der Waals surface area contributed by atoms with Gasteiger partial charge in [-0.25, -0.2) is 0 Å². The van der Waals surface area contributed by atoms with E-state index in [4.69, 9.17) is 4.74 Å². The van der Waals surface area contributed by atoms with Crippen LogP contribution in [0.25, 0.3) is 0 Å². The number of hydrogen-bond donors (Lipinski definition) is 2. The maximum Gasteiger partial charge on any atom is 0.293 e. The Balaban J connectivity index is 1.58. The molecule has 0 aromatic heterocycles. The number of anilines is 2. The van der Waals surface area contributed by atoms with Crippen LogP contribution in [0.15, 0.2) is 42.5 Å². The number of benzene rings is 2. The number of nitro groups is 1. The Hall–Kier alpha value is -3.13. The fraction of sp³-hybridized carbons (Fsp3) is 0.381. The van der Waals surface area contributed by atoms with Crippen molar-refractivity contribution in [2.24, 2.45) is 0 Å². The lowest BCUT2D eigenvalue weighted by Crippen LogP contribution is -3.15. The number of amides is 1. The first-order valence-electron chi connectivity index (χ1n) is 9.83. The number of carbonyl (C=O) groups is 1. The summed E-state index contributed by atoms with van der Waals surface area (Å²) in [5.74, 6) is 0.670. The van der Waals surface area contributed by atoms with Gasteiger partial charge in [0.1, 0.15) is 11.4 Å². The second kappa shape index (κ2) is 9.38. The summed E-state index contributed by atoms with van der Waals surface area (Å²) in [5.41, 5.74) is 1.96. The average Bonchev–Trinajstić information content (AvgIpc) is 2.71. The lowest BCUT2D eigenvalue weighted by Gasteiger charge is -2.34. The van der Waals surface area contributed by atoms with Crippen molar-refractivity contribution in [1.82, 2.24) is 0 Å². The van der Waals surface area contributed by atoms with Crippen molar-refractivity contribution in [2.75, 3.05) is 49.5 Å². The Morgan fingerprint density at radius 1 is 1.21 bits per heavy atom. The highest BCUT2D eigenvalue weighted by molar-refractivity contribution is 5.94. The summed E-state index contributed by atoms with van der Waals surface area (Å²) >= 11 is 0. The van der Waals surface area contributed by atoms with Gasteiger partial charge in [0, 0.05) is 6.07 Å². The molecule has 29 heavy (non-hydrogen) atoms. The second-order valence-corrected chi connectivity index (χ2v) is 7.09. The third-order valence-electron chi connectivity index (χ3n) is 5.10. The van der Waals surface area contributed by atoms with Gasteiger partial charge in [0.25, 0.3) is 11.6 Å². The van der Waals surface area contributed by atoms with Crippen LogP contribution in [0, 0.1) is 17.0 Å². The molecule has 0 radical (unpaired) electrons. The zero-order valence-electron chi connectivity index (χ0n) is 16.8. The molecular weight excluding hydrogens is 372 g/mol. The van der Waals surface area contributed by atoms with E-state index in [-0.39, 0.29) is 23.8 Å². The number of para-hydroxylation sites is 3. The number of carbonyl (C=O) groups excluding carboxylic acids is 1. The first-order valence-corrected chi connectivity index (χ1v) is 9.83. The number of ether oxygens (including phenoxy) is 1. The Bertz CT molecular complexity index is 879. The fourth-order valence-corrected chi connectivity index (χ4v) is 3.61. The zero-order valence-corrected chi connectivity index (χ0v) is 16.8. The van der Waals surface area contributed by atoms with Gasteiger partial charge in [0.05, 0.1) is 43.4 Å². The van der Waals surface area contributed by atoms with Crippen LogP contribution in [0.1, 0.15) is 12.5 Å². The molecule has 1 heterocycles. The van der Waals surface area contributed by atoms with E-state index in [1.165, 1.54) is 6.07 Å². The number of hydrogen-bond acceptors (Lipinski definition) is 5. The quantitative estimate of drug-likeness (QED) is 0.546. The highest BCUT2D eigenvalue weighted by Crippen LogP contribution is 2.28. The molecule has 154 valence electrons. The van der Waals surface area contributed by atoms with Crippen LogP contribution < -0.4 is 19.9 Å². The average molecular weight is 399 g/mol. The molecule has 1 amide bonds. The normalized spacial score (nSPS) is 14.5. The molecule has 2 aromatic carbocycles. The summed E-state index contributed by atoms with van der Waals surface area (Å²) in [4.78, 5) is 26.7. The number of nitro benzene ring substituents is 1. The topological polar surface area (TPSA) is 89.2 Å². The summed E-state index contributed by atoms with van der Waals surface area (Å²) in [6.07, 6.45) is 0. The molecule has 1 aliphatic rings. The van der Waals surface area contributed by atoms with E-state index in [1.54, 1.807) is 19.1 Å². The van der Waals surface area contributed by atoms with Crippen molar-refractivity contribution in [3.63, 3.8) is 0 Å². The molecule has 3 rings (SSSR count). The summed E-state index contributed by atoms with van der Waals surface area (Å²) < 4.78 is 5.72. The molecule has 1 fully saturated rings. The zero-order chi connectivity index (χ0) is 20.8. The van der Waals surface area contributed by atoms with Crippen LogP contribution in [0.4, 0.5) is 17.1 Å². The van der Waals surface area contributed by atoms with Gasteiger partial charge in [-0.3, -0.25) is 14.9 Å². The fourth-order valence-electron chi connectivity index (χ4n) is 3.61. The standard InChI is InChI=1S/C21H26N4O4/c1-3-29-19-10-5-4-8-17(19)24-13-11-23(12-14-24)15-20(26)22-21-16(2)7-6-9-18(21)25(27)28/h4-10H,3,11-15H2,1-2H3,(H,22,26)/p+1.